The molecule has 0 fully saturated rings. The van der Waals surface area contributed by atoms with Crippen molar-refractivity contribution in [2.24, 2.45) is 0 Å². The summed E-state index contributed by atoms with van der Waals surface area (Å²) >= 11 is 0. The Kier molecular flexibility index (Phi) is 5.88. The summed E-state index contributed by atoms with van der Waals surface area (Å²) in [6, 6.07) is 8.57. The molecule has 27 heavy (non-hydrogen) atoms. The number of nitrogens with zero attached hydrogens (tertiary/aromatic N) is 1. The quantitative estimate of drug-likeness (QED) is 0.301. The lowest BCUT2D eigenvalue weighted by Gasteiger charge is -2.09. The summed E-state index contributed by atoms with van der Waals surface area (Å²) in [6.07, 6.45) is 0. The molecule has 0 aliphatic rings. The maximum Gasteiger partial charge on any atom is 0.339 e. The molecule has 0 unspecified atom stereocenters. The number of hydrogen-bond acceptors (Lipinski definition) is 8. The van der Waals surface area contributed by atoms with Crippen molar-refractivity contribution in [3.63, 3.8) is 0 Å². The Morgan fingerprint density at radius 3 is 2.26 bits per heavy atom. The Hall–Kier alpha value is -2.90. The second-order valence-electron chi connectivity index (χ2n) is 4.78. The summed E-state index contributed by atoms with van der Waals surface area (Å²) < 4.78 is 52.3. The highest BCUT2D eigenvalue weighted by Crippen LogP contribution is 2.29. The predicted octanol–water partition coefficient (Wildman–Crippen LogP) is 1.97. The minimum absolute atomic E-state index is 0.00551. The molecule has 0 saturated carbocycles. The largest absolute Gasteiger partial charge is 0.379 e. The van der Waals surface area contributed by atoms with E-state index in [0.29, 0.717) is 6.07 Å². The Morgan fingerprint density at radius 1 is 1.07 bits per heavy atom. The van der Waals surface area contributed by atoms with Gasteiger partial charge in [0, 0.05) is 16.7 Å². The number of benzene rings is 2. The molecule has 2 aromatic carbocycles. The van der Waals surface area contributed by atoms with Crippen LogP contribution in [-0.2, 0) is 19.4 Å². The van der Waals surface area contributed by atoms with E-state index in [1.54, 1.807) is 6.07 Å². The number of nitro groups is 1. The Morgan fingerprint density at radius 2 is 1.70 bits per heavy atom. The van der Waals surface area contributed by atoms with Crippen LogP contribution in [-0.4, -0.2) is 27.8 Å². The van der Waals surface area contributed by atoms with E-state index in [1.807, 2.05) is 5.32 Å². The molecule has 0 aliphatic heterocycles. The summed E-state index contributed by atoms with van der Waals surface area (Å²) in [5.74, 6) is -0.00551. The van der Waals surface area contributed by atoms with Crippen LogP contribution in [0, 0.1) is 10.1 Å². The van der Waals surface area contributed by atoms with Crippen LogP contribution in [0.25, 0.3) is 0 Å². The van der Waals surface area contributed by atoms with Crippen LogP contribution in [0.1, 0.15) is 0 Å². The molecule has 0 aliphatic carbocycles. The van der Waals surface area contributed by atoms with Gasteiger partial charge < -0.3 is 9.50 Å². The van der Waals surface area contributed by atoms with Crippen molar-refractivity contribution < 1.29 is 30.7 Å². The first kappa shape index (κ1) is 20.4. The van der Waals surface area contributed by atoms with Gasteiger partial charge in [0.1, 0.15) is 16.3 Å². The SMILES string of the molecule is O=C(Nc1ccc(S(=O)(=O)Oc2ccccc2)cc1[N+](=O)[O-])NS(=O)(=O)Cl. The molecule has 0 aromatic heterocycles. The lowest BCUT2D eigenvalue weighted by molar-refractivity contribution is -0.384. The fraction of sp³-hybridized carbons (Fsp3) is 0. The number of hydrogen-bond donors (Lipinski definition) is 2. The molecular formula is C13H10ClN3O8S2. The second-order valence-corrected chi connectivity index (χ2v) is 8.63. The predicted molar refractivity (Wildman–Crippen MR) is 94.3 cm³/mol. The maximum absolute atomic E-state index is 12.3. The van der Waals surface area contributed by atoms with Crippen LogP contribution in [0.3, 0.4) is 0 Å². The molecule has 0 atom stereocenters. The van der Waals surface area contributed by atoms with Crippen molar-refractivity contribution in [3.05, 3.63) is 58.6 Å². The molecule has 0 radical (unpaired) electrons. The first-order chi connectivity index (χ1) is 12.5. The van der Waals surface area contributed by atoms with Gasteiger partial charge in [0.05, 0.1) is 4.92 Å². The van der Waals surface area contributed by atoms with Gasteiger partial charge in [-0.1, -0.05) is 18.2 Å². The summed E-state index contributed by atoms with van der Waals surface area (Å²) in [7, 11) is -3.98. The Labute approximate surface area is 157 Å². The van der Waals surface area contributed by atoms with Crippen LogP contribution < -0.4 is 14.2 Å². The topological polar surface area (TPSA) is 162 Å². The van der Waals surface area contributed by atoms with E-state index in [-0.39, 0.29) is 5.75 Å². The van der Waals surface area contributed by atoms with Gasteiger partial charge >= 0.3 is 25.4 Å². The summed E-state index contributed by atoms with van der Waals surface area (Å²) in [6.45, 7) is 0. The van der Waals surface area contributed by atoms with E-state index in [4.69, 9.17) is 14.9 Å². The third kappa shape index (κ3) is 5.80. The minimum atomic E-state index is -4.42. The number of nitrogens with one attached hydrogen (secondary N) is 2. The molecule has 0 saturated heterocycles. The van der Waals surface area contributed by atoms with Gasteiger partial charge in [-0.15, -0.1) is 0 Å². The Bertz CT molecular complexity index is 1090. The second kappa shape index (κ2) is 7.77. The molecule has 0 heterocycles. The first-order valence-corrected chi connectivity index (χ1v) is 10.5. The highest BCUT2D eigenvalue weighted by Gasteiger charge is 2.24. The molecule has 144 valence electrons. The van der Waals surface area contributed by atoms with Gasteiger partial charge in [-0.05, 0) is 24.3 Å². The number of carbonyl (C=O) groups excluding carboxylic acids is 1. The van der Waals surface area contributed by atoms with Crippen molar-refractivity contribution >= 4 is 47.4 Å². The summed E-state index contributed by atoms with van der Waals surface area (Å²) in [4.78, 5) is 21.1. The maximum atomic E-state index is 12.3. The first-order valence-electron chi connectivity index (χ1n) is 6.79. The van der Waals surface area contributed by atoms with Gasteiger partial charge in [0.15, 0.2) is 0 Å². The number of amides is 2. The number of rotatable bonds is 6. The van der Waals surface area contributed by atoms with Crippen LogP contribution in [0.4, 0.5) is 16.2 Å². The molecule has 14 heteroatoms. The molecule has 11 nitrogen and oxygen atoms in total. The fourth-order valence-corrected chi connectivity index (χ4v) is 3.27. The average molecular weight is 436 g/mol. The normalized spacial score (nSPS) is 11.4. The van der Waals surface area contributed by atoms with E-state index < -0.39 is 46.6 Å². The van der Waals surface area contributed by atoms with Crippen molar-refractivity contribution in [3.8, 4) is 5.75 Å². The standard InChI is InChI=1S/C13H10ClN3O8S2/c14-27(23,24)16-13(18)15-11-7-6-10(8-12(11)17(19)20)26(21,22)25-9-4-2-1-3-5-9/h1-8H,(H2,15,16,18). The number of carbonyl (C=O) groups is 1. The average Bonchev–Trinajstić information content (AvgIpc) is 2.53. The molecule has 2 aromatic rings. The van der Waals surface area contributed by atoms with Crippen LogP contribution in [0.15, 0.2) is 53.4 Å². The summed E-state index contributed by atoms with van der Waals surface area (Å²) in [5, 5.41) is 13.1. The fourth-order valence-electron chi connectivity index (χ4n) is 1.83. The van der Waals surface area contributed by atoms with Gasteiger partial charge in [-0.3, -0.25) is 10.1 Å². The zero-order chi connectivity index (χ0) is 20.2. The number of nitro benzene ring substituents is 1. The highest BCUT2D eigenvalue weighted by molar-refractivity contribution is 8.12. The number of anilines is 1. The van der Waals surface area contributed by atoms with Crippen molar-refractivity contribution in [1.29, 1.82) is 0 Å². The highest BCUT2D eigenvalue weighted by atomic mass is 35.7. The molecule has 2 rings (SSSR count). The zero-order valence-corrected chi connectivity index (χ0v) is 15.4. The molecule has 0 bridgehead atoms. The van der Waals surface area contributed by atoms with Gasteiger partial charge in [0.2, 0.25) is 0 Å². The third-order valence-electron chi connectivity index (χ3n) is 2.87. The van der Waals surface area contributed by atoms with E-state index >= 15 is 0 Å². The third-order valence-corrected chi connectivity index (χ3v) is 4.77. The van der Waals surface area contributed by atoms with Gasteiger partial charge in [0.25, 0.3) is 5.69 Å². The lowest BCUT2D eigenvalue weighted by Crippen LogP contribution is -2.31. The lowest BCUT2D eigenvalue weighted by atomic mass is 10.2. The van der Waals surface area contributed by atoms with E-state index in [1.165, 1.54) is 29.0 Å². The van der Waals surface area contributed by atoms with Crippen LogP contribution in [0.5, 0.6) is 5.75 Å². The monoisotopic (exact) mass is 435 g/mol. The van der Waals surface area contributed by atoms with E-state index in [9.17, 15) is 31.7 Å². The Balaban J connectivity index is 2.34. The van der Waals surface area contributed by atoms with E-state index in [0.717, 1.165) is 12.1 Å². The molecule has 0 spiro atoms. The van der Waals surface area contributed by atoms with Crippen molar-refractivity contribution in [2.45, 2.75) is 4.90 Å². The van der Waals surface area contributed by atoms with E-state index in [2.05, 4.69) is 0 Å². The number of urea groups is 1. The summed E-state index contributed by atoms with van der Waals surface area (Å²) in [5.41, 5.74) is -1.27. The molecular weight excluding hydrogens is 426 g/mol. The van der Waals surface area contributed by atoms with Crippen molar-refractivity contribution in [2.75, 3.05) is 5.32 Å². The van der Waals surface area contributed by atoms with Gasteiger partial charge in [-0.2, -0.15) is 16.8 Å². The zero-order valence-electron chi connectivity index (χ0n) is 13.0. The van der Waals surface area contributed by atoms with Crippen molar-refractivity contribution in [1.82, 2.24) is 4.72 Å². The minimum Gasteiger partial charge on any atom is -0.379 e. The number of halogens is 1. The molecule has 2 N–H and O–H groups in total. The molecule has 2 amide bonds. The van der Waals surface area contributed by atoms with Gasteiger partial charge in [-0.25, -0.2) is 9.52 Å². The van der Waals surface area contributed by atoms with Crippen LogP contribution in [0.2, 0.25) is 0 Å². The smallest absolute Gasteiger partial charge is 0.339 e. The number of para-hydroxylation sites is 1. The van der Waals surface area contributed by atoms with Crippen LogP contribution >= 0.6 is 10.7 Å².